The lowest BCUT2D eigenvalue weighted by molar-refractivity contribution is 0.178. The van der Waals surface area contributed by atoms with Crippen LogP contribution in [-0.2, 0) is 16.4 Å². The van der Waals surface area contributed by atoms with Gasteiger partial charge in [-0.15, -0.1) is 11.3 Å². The average molecular weight is 553 g/mol. The minimum atomic E-state index is -3.46. The van der Waals surface area contributed by atoms with Crippen LogP contribution in [0.2, 0.25) is 0 Å². The maximum Gasteiger partial charge on any atom is 0.213 e. The van der Waals surface area contributed by atoms with Crippen molar-refractivity contribution < 1.29 is 18.3 Å². The number of ether oxygens (including phenoxy) is 1. The van der Waals surface area contributed by atoms with Gasteiger partial charge in [0.25, 0.3) is 0 Å². The highest BCUT2D eigenvalue weighted by Crippen LogP contribution is 2.41. The Hall–Kier alpha value is -2.81. The molecule has 0 radical (unpaired) electrons. The standard InChI is InChI=1S/C28H32N4O4S2/c1-18(2)36-26-9-6-19(14-20(26)15-29)28-30-16-27(37-28)24-5-3-4-23-22(24)7-8-25(23)31-38(34,35)13-12-32-11-10-21(33)17-32/h3-6,9,14,16,18,21,25,31,33H,7-8,10-13,17H2,1-2H3/t21-,25-/m1/s1. The molecule has 0 amide bonds. The molecule has 200 valence electrons. The summed E-state index contributed by atoms with van der Waals surface area (Å²) >= 11 is 1.55. The third kappa shape index (κ3) is 5.92. The topological polar surface area (TPSA) is 116 Å². The van der Waals surface area contributed by atoms with Crippen LogP contribution in [0.4, 0.5) is 0 Å². The van der Waals surface area contributed by atoms with E-state index in [1.165, 1.54) is 0 Å². The lowest BCUT2D eigenvalue weighted by atomic mass is 10.0. The molecule has 38 heavy (non-hydrogen) atoms. The summed E-state index contributed by atoms with van der Waals surface area (Å²) in [6.07, 6.45) is 3.66. The Morgan fingerprint density at radius 1 is 1.29 bits per heavy atom. The zero-order chi connectivity index (χ0) is 26.9. The SMILES string of the molecule is CC(C)Oc1ccc(-c2ncc(-c3cccc4c3CC[C@H]4NS(=O)(=O)CCN3CC[C@@H](O)C3)s2)cc1C#N. The van der Waals surface area contributed by atoms with E-state index in [1.807, 2.05) is 55.3 Å². The summed E-state index contributed by atoms with van der Waals surface area (Å²) < 4.78 is 34.3. The van der Waals surface area contributed by atoms with Crippen LogP contribution in [-0.4, -0.2) is 61.0 Å². The molecule has 2 atom stereocenters. The van der Waals surface area contributed by atoms with Crippen LogP contribution in [0.5, 0.6) is 5.75 Å². The molecule has 8 nitrogen and oxygen atoms in total. The molecule has 1 fully saturated rings. The number of hydrogen-bond donors (Lipinski definition) is 2. The third-order valence-electron chi connectivity index (χ3n) is 7.00. The molecule has 1 aromatic heterocycles. The monoisotopic (exact) mass is 552 g/mol. The zero-order valence-corrected chi connectivity index (χ0v) is 23.2. The first-order valence-electron chi connectivity index (χ1n) is 12.9. The fourth-order valence-electron chi connectivity index (χ4n) is 5.19. The first kappa shape index (κ1) is 26.8. The normalized spacial score (nSPS) is 19.6. The Morgan fingerprint density at radius 2 is 2.13 bits per heavy atom. The molecule has 5 rings (SSSR count). The van der Waals surface area contributed by atoms with Crippen molar-refractivity contribution in [3.05, 3.63) is 59.3 Å². The second-order valence-electron chi connectivity index (χ2n) is 10.2. The maximum absolute atomic E-state index is 12.8. The molecule has 2 aliphatic rings. The lowest BCUT2D eigenvalue weighted by Gasteiger charge is -2.18. The highest BCUT2D eigenvalue weighted by molar-refractivity contribution is 7.89. The molecule has 2 heterocycles. The van der Waals surface area contributed by atoms with Gasteiger partial charge in [0.1, 0.15) is 16.8 Å². The van der Waals surface area contributed by atoms with E-state index in [9.17, 15) is 18.8 Å². The van der Waals surface area contributed by atoms with Gasteiger partial charge in [-0.3, -0.25) is 4.90 Å². The number of aliphatic hydroxyl groups excluding tert-OH is 1. The van der Waals surface area contributed by atoms with Crippen LogP contribution in [0.25, 0.3) is 21.0 Å². The summed E-state index contributed by atoms with van der Waals surface area (Å²) in [5.41, 5.74) is 4.57. The van der Waals surface area contributed by atoms with Gasteiger partial charge in [0.15, 0.2) is 0 Å². The average Bonchev–Trinajstić information content (AvgIpc) is 3.63. The highest BCUT2D eigenvalue weighted by Gasteiger charge is 2.30. The number of nitrogens with zero attached hydrogens (tertiary/aromatic N) is 3. The van der Waals surface area contributed by atoms with Crippen molar-refractivity contribution in [2.45, 2.75) is 51.4 Å². The summed E-state index contributed by atoms with van der Waals surface area (Å²) in [6.45, 7) is 5.55. The second kappa shape index (κ2) is 11.1. The van der Waals surface area contributed by atoms with E-state index in [1.54, 1.807) is 11.3 Å². The number of hydrogen-bond acceptors (Lipinski definition) is 8. The number of likely N-dealkylation sites (tertiary alicyclic amines) is 1. The van der Waals surface area contributed by atoms with E-state index in [0.29, 0.717) is 37.2 Å². The first-order valence-corrected chi connectivity index (χ1v) is 15.4. The van der Waals surface area contributed by atoms with E-state index in [2.05, 4.69) is 21.8 Å². The molecule has 1 aliphatic carbocycles. The van der Waals surface area contributed by atoms with E-state index in [4.69, 9.17) is 4.74 Å². The molecule has 0 spiro atoms. The third-order valence-corrected chi connectivity index (χ3v) is 9.44. The first-order chi connectivity index (χ1) is 18.2. The van der Waals surface area contributed by atoms with Gasteiger partial charge in [-0.05, 0) is 68.0 Å². The van der Waals surface area contributed by atoms with Gasteiger partial charge in [0.05, 0.1) is 28.4 Å². The quantitative estimate of drug-likeness (QED) is 0.410. The second-order valence-corrected chi connectivity index (χ2v) is 13.1. The Labute approximate surface area is 228 Å². The van der Waals surface area contributed by atoms with Gasteiger partial charge in [0, 0.05) is 37.4 Å². The summed E-state index contributed by atoms with van der Waals surface area (Å²) in [6, 6.07) is 13.5. The Kier molecular flexibility index (Phi) is 7.84. The number of benzene rings is 2. The number of aromatic nitrogens is 1. The minimum absolute atomic E-state index is 0.0213. The number of nitrogens with one attached hydrogen (secondary N) is 1. The zero-order valence-electron chi connectivity index (χ0n) is 21.6. The van der Waals surface area contributed by atoms with Crippen LogP contribution in [0, 0.1) is 11.3 Å². The molecule has 1 saturated heterocycles. The predicted molar refractivity (Wildman–Crippen MR) is 149 cm³/mol. The van der Waals surface area contributed by atoms with Crippen molar-refractivity contribution >= 4 is 21.4 Å². The van der Waals surface area contributed by atoms with Crippen LogP contribution >= 0.6 is 11.3 Å². The lowest BCUT2D eigenvalue weighted by Crippen LogP contribution is -2.35. The Bertz CT molecular complexity index is 1460. The summed E-state index contributed by atoms with van der Waals surface area (Å²) in [5, 5.41) is 20.1. The fourth-order valence-corrected chi connectivity index (χ4v) is 7.45. The number of sulfonamides is 1. The summed E-state index contributed by atoms with van der Waals surface area (Å²) in [5.74, 6) is 0.588. The van der Waals surface area contributed by atoms with Crippen LogP contribution in [0.15, 0.2) is 42.6 Å². The van der Waals surface area contributed by atoms with Crippen molar-refractivity contribution in [3.63, 3.8) is 0 Å². The number of aliphatic hydroxyl groups is 1. The van der Waals surface area contributed by atoms with Crippen molar-refractivity contribution in [2.75, 3.05) is 25.4 Å². The highest BCUT2D eigenvalue weighted by atomic mass is 32.2. The van der Waals surface area contributed by atoms with Crippen LogP contribution < -0.4 is 9.46 Å². The number of thiazole rings is 1. The molecule has 2 aromatic carbocycles. The maximum atomic E-state index is 12.8. The van der Waals surface area contributed by atoms with Gasteiger partial charge in [0.2, 0.25) is 10.0 Å². The minimum Gasteiger partial charge on any atom is -0.490 e. The van der Waals surface area contributed by atoms with Gasteiger partial charge in [-0.2, -0.15) is 5.26 Å². The fraction of sp³-hybridized carbons (Fsp3) is 0.429. The molecule has 10 heteroatoms. The number of nitriles is 1. The van der Waals surface area contributed by atoms with Gasteiger partial charge >= 0.3 is 0 Å². The van der Waals surface area contributed by atoms with E-state index in [0.717, 1.165) is 45.1 Å². The molecule has 0 saturated carbocycles. The van der Waals surface area contributed by atoms with E-state index < -0.39 is 10.0 Å². The van der Waals surface area contributed by atoms with Crippen molar-refractivity contribution in [3.8, 4) is 32.8 Å². The van der Waals surface area contributed by atoms with Crippen LogP contribution in [0.3, 0.4) is 0 Å². The predicted octanol–water partition coefficient (Wildman–Crippen LogP) is 4.11. The molecule has 0 unspecified atom stereocenters. The largest absolute Gasteiger partial charge is 0.490 e. The molecule has 3 aromatic rings. The van der Waals surface area contributed by atoms with E-state index >= 15 is 0 Å². The molecular weight excluding hydrogens is 520 g/mol. The molecule has 1 aliphatic heterocycles. The summed E-state index contributed by atoms with van der Waals surface area (Å²) in [4.78, 5) is 7.64. The Morgan fingerprint density at radius 3 is 2.87 bits per heavy atom. The molecule has 2 N–H and O–H groups in total. The van der Waals surface area contributed by atoms with E-state index in [-0.39, 0.29) is 24.0 Å². The van der Waals surface area contributed by atoms with Gasteiger partial charge in [-0.25, -0.2) is 18.1 Å². The molecule has 0 bridgehead atoms. The van der Waals surface area contributed by atoms with Gasteiger partial charge in [-0.1, -0.05) is 18.2 Å². The van der Waals surface area contributed by atoms with Crippen molar-refractivity contribution in [1.29, 1.82) is 5.26 Å². The number of fused-ring (bicyclic) bond motifs is 1. The number of β-amino-alcohol motifs (C(OH)–C–C–N with tert-alkyl or cyclic N) is 1. The van der Waals surface area contributed by atoms with Crippen molar-refractivity contribution in [1.82, 2.24) is 14.6 Å². The van der Waals surface area contributed by atoms with Gasteiger partial charge < -0.3 is 9.84 Å². The summed E-state index contributed by atoms with van der Waals surface area (Å²) in [7, 11) is -3.46. The Balaban J connectivity index is 1.32. The number of rotatable bonds is 9. The molecular formula is C28H32N4O4S2. The van der Waals surface area contributed by atoms with Crippen LogP contribution in [0.1, 0.15) is 49.4 Å². The van der Waals surface area contributed by atoms with Crippen molar-refractivity contribution in [2.24, 2.45) is 0 Å². The smallest absolute Gasteiger partial charge is 0.213 e.